The molecule has 0 unspecified atom stereocenters. The Morgan fingerprint density at radius 2 is 1.86 bits per heavy atom. The molecule has 0 aliphatic carbocycles. The fraction of sp³-hybridized carbons (Fsp3) is 0.312. The summed E-state index contributed by atoms with van der Waals surface area (Å²) in [7, 11) is 0. The van der Waals surface area contributed by atoms with Crippen molar-refractivity contribution in [1.29, 1.82) is 0 Å². The summed E-state index contributed by atoms with van der Waals surface area (Å²) in [6, 6.07) is 6.57. The summed E-state index contributed by atoms with van der Waals surface area (Å²) < 4.78 is 1.75. The SMILES string of the molecule is O=C(CN1CCCC1)Nc1ccc(-n2ccc(=O)cc2)nc1. The van der Waals surface area contributed by atoms with E-state index in [0.717, 1.165) is 13.1 Å². The van der Waals surface area contributed by atoms with Gasteiger partial charge >= 0.3 is 0 Å². The van der Waals surface area contributed by atoms with Crippen molar-refractivity contribution in [2.24, 2.45) is 0 Å². The predicted molar refractivity (Wildman–Crippen MR) is 84.1 cm³/mol. The maximum atomic E-state index is 11.9. The number of likely N-dealkylation sites (tertiary alicyclic amines) is 1. The molecule has 2 aromatic rings. The summed E-state index contributed by atoms with van der Waals surface area (Å²) in [6.45, 7) is 2.43. The molecular weight excluding hydrogens is 280 g/mol. The molecule has 3 heterocycles. The van der Waals surface area contributed by atoms with Crippen molar-refractivity contribution in [3.63, 3.8) is 0 Å². The lowest BCUT2D eigenvalue weighted by atomic mass is 10.3. The molecule has 0 atom stereocenters. The molecule has 22 heavy (non-hydrogen) atoms. The minimum absolute atomic E-state index is 0.0141. The minimum atomic E-state index is -0.0398. The highest BCUT2D eigenvalue weighted by Crippen LogP contribution is 2.10. The fourth-order valence-corrected chi connectivity index (χ4v) is 2.52. The number of carbonyl (C=O) groups is 1. The highest BCUT2D eigenvalue weighted by Gasteiger charge is 2.15. The highest BCUT2D eigenvalue weighted by molar-refractivity contribution is 5.92. The van der Waals surface area contributed by atoms with Crippen LogP contribution in [-0.4, -0.2) is 40.0 Å². The van der Waals surface area contributed by atoms with Gasteiger partial charge in [0.1, 0.15) is 5.82 Å². The maximum Gasteiger partial charge on any atom is 0.238 e. The Hall–Kier alpha value is -2.47. The molecule has 0 aromatic carbocycles. The van der Waals surface area contributed by atoms with Crippen LogP contribution in [0.3, 0.4) is 0 Å². The Balaban J connectivity index is 1.62. The van der Waals surface area contributed by atoms with Gasteiger partial charge in [-0.25, -0.2) is 4.98 Å². The van der Waals surface area contributed by atoms with E-state index in [0.29, 0.717) is 18.1 Å². The standard InChI is InChI=1S/C16H18N4O2/c21-14-5-9-20(10-6-14)15-4-3-13(11-17-15)18-16(22)12-19-7-1-2-8-19/h3-6,9-11H,1-2,7-8,12H2,(H,18,22). The van der Waals surface area contributed by atoms with E-state index in [1.807, 2.05) is 6.07 Å². The summed E-state index contributed by atoms with van der Waals surface area (Å²) >= 11 is 0. The van der Waals surface area contributed by atoms with Gasteiger partial charge in [-0.05, 0) is 38.1 Å². The van der Waals surface area contributed by atoms with Crippen LogP contribution in [0.1, 0.15) is 12.8 Å². The van der Waals surface area contributed by atoms with E-state index in [1.165, 1.54) is 25.0 Å². The van der Waals surface area contributed by atoms with Crippen LogP contribution in [0.2, 0.25) is 0 Å². The number of rotatable bonds is 4. The first-order valence-electron chi connectivity index (χ1n) is 7.38. The van der Waals surface area contributed by atoms with Crippen molar-refractivity contribution < 1.29 is 4.79 Å². The van der Waals surface area contributed by atoms with Crippen LogP contribution in [0, 0.1) is 0 Å². The van der Waals surface area contributed by atoms with Gasteiger partial charge in [0.05, 0.1) is 18.4 Å². The Morgan fingerprint density at radius 3 is 2.50 bits per heavy atom. The van der Waals surface area contributed by atoms with Gasteiger partial charge in [0.15, 0.2) is 5.43 Å². The van der Waals surface area contributed by atoms with Gasteiger partial charge in [0, 0.05) is 24.5 Å². The predicted octanol–water partition coefficient (Wildman–Crippen LogP) is 1.27. The zero-order chi connectivity index (χ0) is 15.4. The summed E-state index contributed by atoms with van der Waals surface area (Å²) in [5.74, 6) is 0.678. The van der Waals surface area contributed by atoms with Crippen molar-refractivity contribution in [2.45, 2.75) is 12.8 Å². The quantitative estimate of drug-likeness (QED) is 0.923. The Morgan fingerprint density at radius 1 is 1.14 bits per heavy atom. The number of carbonyl (C=O) groups excluding carboxylic acids is 1. The van der Waals surface area contributed by atoms with Crippen LogP contribution < -0.4 is 10.7 Å². The molecule has 114 valence electrons. The molecule has 1 aliphatic rings. The van der Waals surface area contributed by atoms with Crippen molar-refractivity contribution in [1.82, 2.24) is 14.5 Å². The number of nitrogens with one attached hydrogen (secondary N) is 1. The van der Waals surface area contributed by atoms with E-state index < -0.39 is 0 Å². The van der Waals surface area contributed by atoms with Crippen LogP contribution in [0.15, 0.2) is 47.7 Å². The van der Waals surface area contributed by atoms with E-state index in [4.69, 9.17) is 0 Å². The van der Waals surface area contributed by atoms with Gasteiger partial charge in [-0.1, -0.05) is 0 Å². The molecular formula is C16H18N4O2. The van der Waals surface area contributed by atoms with Gasteiger partial charge in [-0.3, -0.25) is 14.5 Å². The number of amides is 1. The first-order chi connectivity index (χ1) is 10.7. The molecule has 0 radical (unpaired) electrons. The Labute approximate surface area is 128 Å². The average Bonchev–Trinajstić information content (AvgIpc) is 3.02. The minimum Gasteiger partial charge on any atom is -0.324 e. The van der Waals surface area contributed by atoms with Crippen LogP contribution >= 0.6 is 0 Å². The molecule has 1 saturated heterocycles. The second-order valence-corrected chi connectivity index (χ2v) is 5.38. The molecule has 0 saturated carbocycles. The first kappa shape index (κ1) is 14.5. The van der Waals surface area contributed by atoms with Gasteiger partial charge < -0.3 is 9.88 Å². The third kappa shape index (κ3) is 3.59. The van der Waals surface area contributed by atoms with E-state index in [2.05, 4.69) is 15.2 Å². The van der Waals surface area contributed by atoms with Crippen molar-refractivity contribution >= 4 is 11.6 Å². The monoisotopic (exact) mass is 298 g/mol. The summed E-state index contributed by atoms with van der Waals surface area (Å²) in [4.78, 5) is 29.5. The second-order valence-electron chi connectivity index (χ2n) is 5.38. The maximum absolute atomic E-state index is 11.9. The summed E-state index contributed by atoms with van der Waals surface area (Å²) in [5, 5.41) is 2.85. The topological polar surface area (TPSA) is 67.2 Å². The largest absolute Gasteiger partial charge is 0.324 e. The van der Waals surface area contributed by atoms with E-state index >= 15 is 0 Å². The normalized spacial score (nSPS) is 14.9. The van der Waals surface area contributed by atoms with Crippen molar-refractivity contribution in [2.75, 3.05) is 25.0 Å². The lowest BCUT2D eigenvalue weighted by Crippen LogP contribution is -2.30. The number of hydrogen-bond acceptors (Lipinski definition) is 4. The molecule has 1 fully saturated rings. The molecule has 6 nitrogen and oxygen atoms in total. The summed E-state index contributed by atoms with van der Waals surface area (Å²) in [6.07, 6.45) is 7.29. The highest BCUT2D eigenvalue weighted by atomic mass is 16.2. The van der Waals surface area contributed by atoms with Gasteiger partial charge in [-0.15, -0.1) is 0 Å². The Kier molecular flexibility index (Phi) is 4.29. The molecule has 1 aliphatic heterocycles. The second kappa shape index (κ2) is 6.53. The van der Waals surface area contributed by atoms with Crippen molar-refractivity contribution in [3.8, 4) is 5.82 Å². The first-order valence-corrected chi connectivity index (χ1v) is 7.38. The van der Waals surface area contributed by atoms with Crippen LogP contribution in [-0.2, 0) is 4.79 Å². The number of hydrogen-bond donors (Lipinski definition) is 1. The molecule has 3 rings (SSSR count). The third-order valence-electron chi connectivity index (χ3n) is 3.66. The number of nitrogens with zero attached hydrogens (tertiary/aromatic N) is 3. The van der Waals surface area contributed by atoms with Crippen LogP contribution in [0.25, 0.3) is 5.82 Å². The van der Waals surface area contributed by atoms with Gasteiger partial charge in [0.25, 0.3) is 0 Å². The van der Waals surface area contributed by atoms with E-state index in [-0.39, 0.29) is 11.3 Å². The molecule has 1 amide bonds. The third-order valence-corrected chi connectivity index (χ3v) is 3.66. The average molecular weight is 298 g/mol. The van der Waals surface area contributed by atoms with E-state index in [9.17, 15) is 9.59 Å². The number of anilines is 1. The molecule has 6 heteroatoms. The zero-order valence-corrected chi connectivity index (χ0v) is 12.2. The van der Waals surface area contributed by atoms with Crippen LogP contribution in [0.5, 0.6) is 0 Å². The smallest absolute Gasteiger partial charge is 0.238 e. The van der Waals surface area contributed by atoms with Gasteiger partial charge in [-0.2, -0.15) is 0 Å². The molecule has 1 N–H and O–H groups in total. The molecule has 0 bridgehead atoms. The lowest BCUT2D eigenvalue weighted by molar-refractivity contribution is -0.117. The van der Waals surface area contributed by atoms with Gasteiger partial charge in [0.2, 0.25) is 5.91 Å². The van der Waals surface area contributed by atoms with Crippen molar-refractivity contribution in [3.05, 3.63) is 53.1 Å². The molecule has 0 spiro atoms. The Bertz CT molecular complexity index is 682. The molecule has 2 aromatic heterocycles. The fourth-order valence-electron chi connectivity index (χ4n) is 2.52. The van der Waals surface area contributed by atoms with E-state index in [1.54, 1.807) is 29.2 Å². The number of aromatic nitrogens is 2. The van der Waals surface area contributed by atoms with Crippen LogP contribution in [0.4, 0.5) is 5.69 Å². The summed E-state index contributed by atoms with van der Waals surface area (Å²) in [5.41, 5.74) is 0.635. The zero-order valence-electron chi connectivity index (χ0n) is 12.2. The lowest BCUT2D eigenvalue weighted by Gasteiger charge is -2.14. The number of pyridine rings is 2.